The first-order valence-corrected chi connectivity index (χ1v) is 9.45. The van der Waals surface area contributed by atoms with Crippen LogP contribution < -0.4 is 10.2 Å². The van der Waals surface area contributed by atoms with Crippen LogP contribution in [0.5, 0.6) is 0 Å². The largest absolute Gasteiger partial charge is 0.354 e. The fourth-order valence-electron chi connectivity index (χ4n) is 3.61. The quantitative estimate of drug-likeness (QED) is 0.563. The Labute approximate surface area is 175 Å². The van der Waals surface area contributed by atoms with Gasteiger partial charge in [0, 0.05) is 68.3 Å². The summed E-state index contributed by atoms with van der Waals surface area (Å²) < 4.78 is 1.78. The van der Waals surface area contributed by atoms with E-state index in [1.807, 2.05) is 44.0 Å². The molecule has 0 atom stereocenters. The number of nitrogens with zero attached hydrogens (tertiary/aromatic N) is 6. The molecule has 0 amide bonds. The van der Waals surface area contributed by atoms with Crippen molar-refractivity contribution in [3.8, 4) is 22.5 Å². The molecule has 1 aliphatic rings. The third-order valence-corrected chi connectivity index (χ3v) is 5.08. The van der Waals surface area contributed by atoms with Crippen molar-refractivity contribution < 1.29 is 0 Å². The Hall–Kier alpha value is -3.03. The first-order valence-electron chi connectivity index (χ1n) is 9.45. The predicted molar refractivity (Wildman–Crippen MR) is 117 cm³/mol. The molecule has 5 heterocycles. The second kappa shape index (κ2) is 8.14. The normalized spacial score (nSPS) is 14.0. The van der Waals surface area contributed by atoms with Gasteiger partial charge in [0.25, 0.3) is 0 Å². The van der Waals surface area contributed by atoms with Gasteiger partial charge < -0.3 is 10.2 Å². The van der Waals surface area contributed by atoms with Gasteiger partial charge in [0.15, 0.2) is 0 Å². The van der Waals surface area contributed by atoms with Gasteiger partial charge in [-0.3, -0.25) is 9.67 Å². The van der Waals surface area contributed by atoms with Crippen LogP contribution in [-0.4, -0.2) is 50.9 Å². The number of aromatic nitrogens is 5. The van der Waals surface area contributed by atoms with Gasteiger partial charge in [0.05, 0.1) is 23.1 Å². The summed E-state index contributed by atoms with van der Waals surface area (Å²) in [5, 5.41) is 8.62. The van der Waals surface area contributed by atoms with Gasteiger partial charge in [-0.15, -0.1) is 12.4 Å². The first-order chi connectivity index (χ1) is 13.8. The predicted octanol–water partition coefficient (Wildman–Crippen LogP) is 2.92. The molecular formula is C21H22ClN7. The standard InChI is InChI=1S/C21H21N7.ClH/c1-27-14-16(13-25-27)18-4-3-17-19(26-18)6-7-23-21(17)15-2-5-20(24-12-15)28-10-8-22-9-11-28;/h2-7,12-14,22H,8-11H2,1H3;1H. The zero-order valence-electron chi connectivity index (χ0n) is 16.1. The number of aryl methyl sites for hydroxylation is 1. The van der Waals surface area contributed by atoms with Gasteiger partial charge in [-0.2, -0.15) is 5.10 Å². The molecule has 0 radical (unpaired) electrons. The van der Waals surface area contributed by atoms with Crippen molar-refractivity contribution in [3.63, 3.8) is 0 Å². The Bertz CT molecular complexity index is 1120. The summed E-state index contributed by atoms with van der Waals surface area (Å²) >= 11 is 0. The van der Waals surface area contributed by atoms with Crippen molar-refractivity contribution in [2.24, 2.45) is 7.05 Å². The number of pyridine rings is 3. The Morgan fingerprint density at radius 3 is 2.52 bits per heavy atom. The lowest BCUT2D eigenvalue weighted by Crippen LogP contribution is -2.43. The number of nitrogens with one attached hydrogen (secondary N) is 1. The smallest absolute Gasteiger partial charge is 0.128 e. The van der Waals surface area contributed by atoms with Crippen LogP contribution in [0.1, 0.15) is 0 Å². The summed E-state index contributed by atoms with van der Waals surface area (Å²) in [6, 6.07) is 10.2. The number of rotatable bonds is 3. The van der Waals surface area contributed by atoms with Gasteiger partial charge in [0.2, 0.25) is 0 Å². The zero-order chi connectivity index (χ0) is 18.9. The minimum Gasteiger partial charge on any atom is -0.354 e. The fraction of sp³-hybridized carbons (Fsp3) is 0.238. The van der Waals surface area contributed by atoms with Gasteiger partial charge in [0.1, 0.15) is 5.82 Å². The Morgan fingerprint density at radius 2 is 1.79 bits per heavy atom. The number of halogens is 1. The number of hydrogen-bond acceptors (Lipinski definition) is 6. The van der Waals surface area contributed by atoms with Crippen molar-refractivity contribution in [1.82, 2.24) is 30.0 Å². The van der Waals surface area contributed by atoms with Crippen LogP contribution in [0, 0.1) is 0 Å². The van der Waals surface area contributed by atoms with Crippen LogP contribution in [0.3, 0.4) is 0 Å². The minimum atomic E-state index is 0. The second-order valence-corrected chi connectivity index (χ2v) is 6.97. The molecule has 4 aromatic rings. The SMILES string of the molecule is Cl.Cn1cc(-c2ccc3c(-c4ccc(N5CCNCC5)nc4)nccc3n2)cn1. The molecule has 7 nitrogen and oxygen atoms in total. The maximum Gasteiger partial charge on any atom is 0.128 e. The van der Waals surface area contributed by atoms with Gasteiger partial charge in [-0.25, -0.2) is 9.97 Å². The molecule has 1 fully saturated rings. The van der Waals surface area contributed by atoms with E-state index in [0.29, 0.717) is 0 Å². The molecule has 0 bridgehead atoms. The number of fused-ring (bicyclic) bond motifs is 1. The summed E-state index contributed by atoms with van der Waals surface area (Å²) in [6.45, 7) is 3.97. The van der Waals surface area contributed by atoms with Crippen molar-refractivity contribution in [2.75, 3.05) is 31.1 Å². The molecule has 1 N–H and O–H groups in total. The highest BCUT2D eigenvalue weighted by atomic mass is 35.5. The molecule has 0 saturated carbocycles. The van der Waals surface area contributed by atoms with Crippen molar-refractivity contribution >= 4 is 29.1 Å². The third-order valence-electron chi connectivity index (χ3n) is 5.08. The van der Waals surface area contributed by atoms with Crippen LogP contribution in [0.25, 0.3) is 33.4 Å². The lowest BCUT2D eigenvalue weighted by atomic mass is 10.1. The lowest BCUT2D eigenvalue weighted by Gasteiger charge is -2.28. The van der Waals surface area contributed by atoms with E-state index in [4.69, 9.17) is 4.98 Å². The van der Waals surface area contributed by atoms with Crippen molar-refractivity contribution in [2.45, 2.75) is 0 Å². The molecule has 1 saturated heterocycles. The number of piperazine rings is 1. The third kappa shape index (κ3) is 3.79. The summed E-state index contributed by atoms with van der Waals surface area (Å²) in [6.07, 6.45) is 7.51. The van der Waals surface area contributed by atoms with Gasteiger partial charge in [-0.05, 0) is 30.3 Å². The molecule has 0 spiro atoms. The van der Waals surface area contributed by atoms with Crippen LogP contribution in [0.15, 0.2) is 55.1 Å². The maximum atomic E-state index is 4.81. The Morgan fingerprint density at radius 1 is 0.931 bits per heavy atom. The maximum absolute atomic E-state index is 4.81. The van der Waals surface area contributed by atoms with Gasteiger partial charge in [-0.1, -0.05) is 0 Å². The lowest BCUT2D eigenvalue weighted by molar-refractivity contribution is 0.585. The van der Waals surface area contributed by atoms with E-state index in [9.17, 15) is 0 Å². The zero-order valence-corrected chi connectivity index (χ0v) is 16.9. The van der Waals surface area contributed by atoms with Gasteiger partial charge >= 0.3 is 0 Å². The van der Waals surface area contributed by atoms with Crippen LogP contribution in [-0.2, 0) is 7.05 Å². The topological polar surface area (TPSA) is 71.8 Å². The number of hydrogen-bond donors (Lipinski definition) is 1. The van der Waals surface area contributed by atoms with Crippen molar-refractivity contribution in [3.05, 3.63) is 55.1 Å². The molecule has 0 unspecified atom stereocenters. The Balaban J connectivity index is 0.00000205. The second-order valence-electron chi connectivity index (χ2n) is 6.97. The highest BCUT2D eigenvalue weighted by molar-refractivity contribution is 5.93. The summed E-state index contributed by atoms with van der Waals surface area (Å²) in [4.78, 5) is 16.4. The van der Waals surface area contributed by atoms with Crippen molar-refractivity contribution in [1.29, 1.82) is 0 Å². The number of anilines is 1. The van der Waals surface area contributed by atoms with E-state index in [1.54, 1.807) is 4.68 Å². The van der Waals surface area contributed by atoms with E-state index < -0.39 is 0 Å². The summed E-state index contributed by atoms with van der Waals surface area (Å²) in [5.41, 5.74) is 4.73. The molecule has 0 aromatic carbocycles. The van der Waals surface area contributed by atoms with Crippen LogP contribution >= 0.6 is 12.4 Å². The van der Waals surface area contributed by atoms with Crippen LogP contribution in [0.4, 0.5) is 5.82 Å². The van der Waals surface area contributed by atoms with Crippen LogP contribution in [0.2, 0.25) is 0 Å². The fourth-order valence-corrected chi connectivity index (χ4v) is 3.61. The van der Waals surface area contributed by atoms with E-state index in [1.165, 1.54) is 0 Å². The average molecular weight is 408 g/mol. The summed E-state index contributed by atoms with van der Waals surface area (Å²) in [5.74, 6) is 1.02. The molecule has 29 heavy (non-hydrogen) atoms. The summed E-state index contributed by atoms with van der Waals surface area (Å²) in [7, 11) is 1.91. The van der Waals surface area contributed by atoms with E-state index in [-0.39, 0.29) is 12.4 Å². The van der Waals surface area contributed by atoms with E-state index >= 15 is 0 Å². The average Bonchev–Trinajstić information content (AvgIpc) is 3.20. The minimum absolute atomic E-state index is 0. The molecule has 4 aromatic heterocycles. The molecule has 8 heteroatoms. The monoisotopic (exact) mass is 407 g/mol. The van der Waals surface area contributed by atoms with E-state index in [2.05, 4.69) is 43.5 Å². The van der Waals surface area contributed by atoms with E-state index in [0.717, 1.165) is 65.4 Å². The molecule has 0 aliphatic carbocycles. The molecular weight excluding hydrogens is 386 g/mol. The molecule has 1 aliphatic heterocycles. The highest BCUT2D eigenvalue weighted by Crippen LogP contribution is 2.28. The molecule has 148 valence electrons. The molecule has 5 rings (SSSR count). The highest BCUT2D eigenvalue weighted by Gasteiger charge is 2.13. The first kappa shape index (κ1) is 19.3. The Kier molecular flexibility index (Phi) is 5.42.